The quantitative estimate of drug-likeness (QED) is 0.854. The van der Waals surface area contributed by atoms with Crippen molar-refractivity contribution < 1.29 is 9.90 Å². The summed E-state index contributed by atoms with van der Waals surface area (Å²) in [7, 11) is 0. The van der Waals surface area contributed by atoms with E-state index in [0.717, 1.165) is 5.69 Å². The highest BCUT2D eigenvalue weighted by Crippen LogP contribution is 2.25. The molecule has 6 nitrogen and oxygen atoms in total. The topological polar surface area (TPSA) is 80.0 Å². The number of hydrogen-bond acceptors (Lipinski definition) is 4. The summed E-state index contributed by atoms with van der Waals surface area (Å²) in [5, 5.41) is 20.9. The van der Waals surface area contributed by atoms with E-state index in [1.807, 2.05) is 58.0 Å². The van der Waals surface area contributed by atoms with Crippen LogP contribution in [0, 0.1) is 11.3 Å². The van der Waals surface area contributed by atoms with E-state index in [1.165, 1.54) is 0 Å². The Morgan fingerprint density at radius 1 is 1.30 bits per heavy atom. The SMILES string of the molecule is CC(C)C(O)C(C)(C)CNC(=O)c1cn(-c2ccccc2)nn1. The zero-order chi connectivity index (χ0) is 17.0. The van der Waals surface area contributed by atoms with Crippen LogP contribution < -0.4 is 5.32 Å². The molecule has 124 valence electrons. The number of benzene rings is 1. The summed E-state index contributed by atoms with van der Waals surface area (Å²) < 4.78 is 1.56. The van der Waals surface area contributed by atoms with Gasteiger partial charge in [0.15, 0.2) is 5.69 Å². The van der Waals surface area contributed by atoms with Crippen molar-refractivity contribution in [2.24, 2.45) is 11.3 Å². The summed E-state index contributed by atoms with van der Waals surface area (Å²) >= 11 is 0. The Morgan fingerprint density at radius 3 is 2.57 bits per heavy atom. The first-order valence-electron chi connectivity index (χ1n) is 7.75. The maximum absolute atomic E-state index is 12.2. The Balaban J connectivity index is 2.01. The van der Waals surface area contributed by atoms with Crippen LogP contribution in [0.5, 0.6) is 0 Å². The molecule has 1 amide bonds. The molecule has 23 heavy (non-hydrogen) atoms. The fraction of sp³-hybridized carbons (Fsp3) is 0.471. The number of aliphatic hydroxyl groups excluding tert-OH is 1. The third kappa shape index (κ3) is 4.16. The average Bonchev–Trinajstić information content (AvgIpc) is 3.02. The van der Waals surface area contributed by atoms with Crippen LogP contribution in [-0.2, 0) is 0 Å². The van der Waals surface area contributed by atoms with E-state index in [9.17, 15) is 9.90 Å². The minimum Gasteiger partial charge on any atom is -0.392 e. The molecule has 0 bridgehead atoms. The van der Waals surface area contributed by atoms with Gasteiger partial charge in [-0.25, -0.2) is 4.68 Å². The molecule has 2 rings (SSSR count). The molecule has 2 N–H and O–H groups in total. The summed E-state index contributed by atoms with van der Waals surface area (Å²) in [6, 6.07) is 9.48. The van der Waals surface area contributed by atoms with Gasteiger partial charge in [0.1, 0.15) is 0 Å². The molecule has 0 aliphatic carbocycles. The zero-order valence-electron chi connectivity index (χ0n) is 14.0. The van der Waals surface area contributed by atoms with Gasteiger partial charge in [0.25, 0.3) is 5.91 Å². The number of amides is 1. The van der Waals surface area contributed by atoms with Gasteiger partial charge in [-0.1, -0.05) is 51.1 Å². The Labute approximate surface area is 136 Å². The van der Waals surface area contributed by atoms with Crippen LogP contribution >= 0.6 is 0 Å². The van der Waals surface area contributed by atoms with Crippen molar-refractivity contribution in [1.29, 1.82) is 0 Å². The van der Waals surface area contributed by atoms with Gasteiger partial charge in [-0.15, -0.1) is 5.10 Å². The third-order valence-corrected chi connectivity index (χ3v) is 3.88. The molecule has 2 aromatic rings. The van der Waals surface area contributed by atoms with Gasteiger partial charge in [0.05, 0.1) is 18.0 Å². The van der Waals surface area contributed by atoms with Crippen LogP contribution in [0.15, 0.2) is 36.5 Å². The Morgan fingerprint density at radius 2 is 1.96 bits per heavy atom. The van der Waals surface area contributed by atoms with E-state index in [1.54, 1.807) is 10.9 Å². The highest BCUT2D eigenvalue weighted by Gasteiger charge is 2.30. The van der Waals surface area contributed by atoms with Gasteiger partial charge in [-0.2, -0.15) is 0 Å². The second kappa shape index (κ2) is 6.91. The number of hydrogen-bond donors (Lipinski definition) is 2. The van der Waals surface area contributed by atoms with Crippen molar-refractivity contribution in [1.82, 2.24) is 20.3 Å². The van der Waals surface area contributed by atoms with Crippen molar-refractivity contribution in [3.63, 3.8) is 0 Å². The third-order valence-electron chi connectivity index (χ3n) is 3.88. The standard InChI is InChI=1S/C17H24N4O2/c1-12(2)15(22)17(3,4)11-18-16(23)14-10-21(20-19-14)13-8-6-5-7-9-13/h5-10,12,15,22H,11H2,1-4H3,(H,18,23). The van der Waals surface area contributed by atoms with Crippen LogP contribution in [0.2, 0.25) is 0 Å². The lowest BCUT2D eigenvalue weighted by molar-refractivity contribution is 0.0138. The maximum Gasteiger partial charge on any atom is 0.273 e. The minimum atomic E-state index is -0.497. The number of para-hydroxylation sites is 1. The van der Waals surface area contributed by atoms with Crippen LogP contribution in [0.3, 0.4) is 0 Å². The average molecular weight is 316 g/mol. The normalized spacial score (nSPS) is 13.1. The smallest absolute Gasteiger partial charge is 0.273 e. The van der Waals surface area contributed by atoms with Crippen molar-refractivity contribution in [3.8, 4) is 5.69 Å². The molecule has 1 atom stereocenters. The van der Waals surface area contributed by atoms with Gasteiger partial charge in [-0.3, -0.25) is 4.79 Å². The Hall–Kier alpha value is -2.21. The lowest BCUT2D eigenvalue weighted by Crippen LogP contribution is -2.43. The van der Waals surface area contributed by atoms with Crippen molar-refractivity contribution in [2.75, 3.05) is 6.54 Å². The van der Waals surface area contributed by atoms with E-state index in [-0.39, 0.29) is 17.5 Å². The molecule has 1 heterocycles. The fourth-order valence-electron chi connectivity index (χ4n) is 2.48. The van der Waals surface area contributed by atoms with E-state index < -0.39 is 11.5 Å². The van der Waals surface area contributed by atoms with Crippen LogP contribution in [0.1, 0.15) is 38.2 Å². The summed E-state index contributed by atoms with van der Waals surface area (Å²) in [4.78, 5) is 12.2. The number of carbonyl (C=O) groups is 1. The minimum absolute atomic E-state index is 0.126. The van der Waals surface area contributed by atoms with Gasteiger partial charge < -0.3 is 10.4 Å². The van der Waals surface area contributed by atoms with Gasteiger partial charge in [-0.05, 0) is 18.1 Å². The Bertz CT molecular complexity index is 650. The molecule has 6 heteroatoms. The van der Waals surface area contributed by atoms with E-state index in [0.29, 0.717) is 6.54 Å². The number of carbonyl (C=O) groups excluding carboxylic acids is 1. The molecule has 1 aromatic heterocycles. The molecule has 0 saturated heterocycles. The lowest BCUT2D eigenvalue weighted by atomic mass is 9.80. The monoisotopic (exact) mass is 316 g/mol. The molecule has 0 saturated carbocycles. The second-order valence-corrected chi connectivity index (χ2v) is 6.74. The van der Waals surface area contributed by atoms with Crippen molar-refractivity contribution in [3.05, 3.63) is 42.2 Å². The molecule has 0 spiro atoms. The highest BCUT2D eigenvalue weighted by atomic mass is 16.3. The lowest BCUT2D eigenvalue weighted by Gasteiger charge is -2.33. The number of nitrogens with zero attached hydrogens (tertiary/aromatic N) is 3. The number of nitrogens with one attached hydrogen (secondary N) is 1. The van der Waals surface area contributed by atoms with E-state index >= 15 is 0 Å². The van der Waals surface area contributed by atoms with E-state index in [2.05, 4.69) is 15.6 Å². The molecule has 0 radical (unpaired) electrons. The highest BCUT2D eigenvalue weighted by molar-refractivity contribution is 5.91. The maximum atomic E-state index is 12.2. The second-order valence-electron chi connectivity index (χ2n) is 6.74. The van der Waals surface area contributed by atoms with Crippen molar-refractivity contribution in [2.45, 2.75) is 33.8 Å². The van der Waals surface area contributed by atoms with E-state index in [4.69, 9.17) is 0 Å². The van der Waals surface area contributed by atoms with Gasteiger partial charge in [0, 0.05) is 12.0 Å². The Kier molecular flexibility index (Phi) is 5.15. The summed E-state index contributed by atoms with van der Waals surface area (Å²) in [6.07, 6.45) is 1.10. The summed E-state index contributed by atoms with van der Waals surface area (Å²) in [6.45, 7) is 8.14. The first-order valence-corrected chi connectivity index (χ1v) is 7.75. The predicted molar refractivity (Wildman–Crippen MR) is 88.3 cm³/mol. The zero-order valence-corrected chi connectivity index (χ0v) is 14.0. The van der Waals surface area contributed by atoms with Gasteiger partial charge in [0.2, 0.25) is 0 Å². The van der Waals surface area contributed by atoms with Gasteiger partial charge >= 0.3 is 0 Å². The number of aromatic nitrogens is 3. The van der Waals surface area contributed by atoms with Crippen LogP contribution in [-0.4, -0.2) is 38.7 Å². The summed E-state index contributed by atoms with van der Waals surface area (Å²) in [5.41, 5.74) is 0.678. The van der Waals surface area contributed by atoms with Crippen LogP contribution in [0.25, 0.3) is 5.69 Å². The number of aliphatic hydroxyl groups is 1. The first-order chi connectivity index (χ1) is 10.8. The molecule has 0 aliphatic heterocycles. The molecule has 1 aromatic carbocycles. The predicted octanol–water partition coefficient (Wildman–Crippen LogP) is 2.04. The number of rotatable bonds is 6. The van der Waals surface area contributed by atoms with Crippen molar-refractivity contribution >= 4 is 5.91 Å². The fourth-order valence-corrected chi connectivity index (χ4v) is 2.48. The summed E-state index contributed by atoms with van der Waals surface area (Å²) in [5.74, 6) is -0.169. The molecule has 0 fully saturated rings. The molecule has 1 unspecified atom stereocenters. The first kappa shape index (κ1) is 17.1. The largest absolute Gasteiger partial charge is 0.392 e. The molecule has 0 aliphatic rings. The molecular weight excluding hydrogens is 292 g/mol. The van der Waals surface area contributed by atoms with Crippen LogP contribution in [0.4, 0.5) is 0 Å². The molecular formula is C17H24N4O2.